The summed E-state index contributed by atoms with van der Waals surface area (Å²) in [5, 5.41) is 12.9. The normalized spacial score (nSPS) is 25.3. The van der Waals surface area contributed by atoms with E-state index in [1.54, 1.807) is 0 Å². The number of hydrogen-bond donors (Lipinski definition) is 1. The number of likely N-dealkylation sites (tertiary alicyclic amines) is 1. The fraction of sp³-hybridized carbons (Fsp3) is 0.727. The van der Waals surface area contributed by atoms with E-state index in [-0.39, 0.29) is 11.8 Å². The summed E-state index contributed by atoms with van der Waals surface area (Å²) >= 11 is 0. The van der Waals surface area contributed by atoms with E-state index in [1.165, 1.54) is 0 Å². The van der Waals surface area contributed by atoms with E-state index in [4.69, 9.17) is 9.63 Å². The van der Waals surface area contributed by atoms with E-state index in [1.807, 2.05) is 13.8 Å². The van der Waals surface area contributed by atoms with Crippen molar-refractivity contribution < 1.29 is 14.4 Å². The van der Waals surface area contributed by atoms with Crippen molar-refractivity contribution in [3.63, 3.8) is 0 Å². The average Bonchev–Trinajstić information content (AvgIpc) is 2.85. The second-order valence-electron chi connectivity index (χ2n) is 4.57. The molecule has 0 unspecified atom stereocenters. The number of rotatable bonds is 4. The summed E-state index contributed by atoms with van der Waals surface area (Å²) in [5.74, 6) is 0.432. The Kier molecular flexibility index (Phi) is 3.42. The molecular weight excluding hydrogens is 222 g/mol. The summed E-state index contributed by atoms with van der Waals surface area (Å²) in [5.41, 5.74) is 0. The molecule has 1 aliphatic rings. The van der Waals surface area contributed by atoms with Crippen LogP contribution in [-0.4, -0.2) is 39.2 Å². The lowest BCUT2D eigenvalue weighted by atomic mass is 9.99. The van der Waals surface area contributed by atoms with Crippen LogP contribution >= 0.6 is 0 Å². The molecule has 0 radical (unpaired) electrons. The van der Waals surface area contributed by atoms with Gasteiger partial charge in [0.1, 0.15) is 0 Å². The van der Waals surface area contributed by atoms with Crippen LogP contribution in [0, 0.1) is 11.8 Å². The number of carbonyl (C=O) groups is 1. The third-order valence-electron chi connectivity index (χ3n) is 3.18. The predicted octanol–water partition coefficient (Wildman–Crippen LogP) is 0.784. The highest BCUT2D eigenvalue weighted by atomic mass is 16.5. The predicted molar refractivity (Wildman–Crippen MR) is 59.2 cm³/mol. The summed E-state index contributed by atoms with van der Waals surface area (Å²) in [6, 6.07) is 0. The molecule has 2 rings (SSSR count). The highest BCUT2D eigenvalue weighted by Gasteiger charge is 2.35. The third kappa shape index (κ3) is 2.63. The molecule has 0 aromatic carbocycles. The molecule has 0 saturated carbocycles. The molecule has 1 N–H and O–H groups in total. The Morgan fingerprint density at radius 3 is 2.88 bits per heavy atom. The van der Waals surface area contributed by atoms with Gasteiger partial charge in [0, 0.05) is 19.5 Å². The smallest absolute Gasteiger partial charge is 0.308 e. The summed E-state index contributed by atoms with van der Waals surface area (Å²) in [6.45, 7) is 5.82. The van der Waals surface area contributed by atoms with E-state index in [0.717, 1.165) is 13.0 Å². The summed E-state index contributed by atoms with van der Waals surface area (Å²) in [7, 11) is 0. The van der Waals surface area contributed by atoms with Gasteiger partial charge in [0.05, 0.1) is 12.5 Å². The minimum absolute atomic E-state index is 0.171. The van der Waals surface area contributed by atoms with Crippen molar-refractivity contribution in [3.8, 4) is 0 Å². The summed E-state index contributed by atoms with van der Waals surface area (Å²) in [6.07, 6.45) is 0.723. The largest absolute Gasteiger partial charge is 0.481 e. The number of hydrogen-bond acceptors (Lipinski definition) is 5. The molecular formula is C11H17N3O3. The van der Waals surface area contributed by atoms with Gasteiger partial charge in [-0.05, 0) is 5.92 Å². The SMILES string of the molecule is CCc1nc(CN2C[C@@H](C)[C@H](C(=O)O)C2)no1. The standard InChI is InChI=1S/C11H17N3O3/c1-3-10-12-9(13-17-10)6-14-4-7(2)8(5-14)11(15)16/h7-8H,3-6H2,1-2H3,(H,15,16)/t7-,8-/m1/s1. The Morgan fingerprint density at radius 1 is 1.59 bits per heavy atom. The number of nitrogens with zero attached hydrogens (tertiary/aromatic N) is 3. The first-order valence-corrected chi connectivity index (χ1v) is 5.86. The summed E-state index contributed by atoms with van der Waals surface area (Å²) < 4.78 is 5.02. The molecule has 0 spiro atoms. The van der Waals surface area contributed by atoms with Gasteiger partial charge in [-0.25, -0.2) is 0 Å². The van der Waals surface area contributed by atoms with Gasteiger partial charge in [0.25, 0.3) is 0 Å². The van der Waals surface area contributed by atoms with Gasteiger partial charge in [-0.3, -0.25) is 9.69 Å². The zero-order valence-corrected chi connectivity index (χ0v) is 10.1. The molecule has 0 bridgehead atoms. The first-order valence-electron chi connectivity index (χ1n) is 5.86. The third-order valence-corrected chi connectivity index (χ3v) is 3.18. The second kappa shape index (κ2) is 4.83. The van der Waals surface area contributed by atoms with Crippen molar-refractivity contribution >= 4 is 5.97 Å². The lowest BCUT2D eigenvalue weighted by Crippen LogP contribution is -2.23. The van der Waals surface area contributed by atoms with Gasteiger partial charge in [-0.2, -0.15) is 4.98 Å². The average molecular weight is 239 g/mol. The lowest BCUT2D eigenvalue weighted by Gasteiger charge is -2.11. The number of aromatic nitrogens is 2. The first-order chi connectivity index (χ1) is 8.10. The minimum Gasteiger partial charge on any atom is -0.481 e. The topological polar surface area (TPSA) is 79.5 Å². The van der Waals surface area contributed by atoms with Gasteiger partial charge in [-0.15, -0.1) is 0 Å². The van der Waals surface area contributed by atoms with Gasteiger partial charge in [-0.1, -0.05) is 19.0 Å². The zero-order chi connectivity index (χ0) is 12.4. The maximum absolute atomic E-state index is 11.0. The molecule has 2 heterocycles. The Morgan fingerprint density at radius 2 is 2.35 bits per heavy atom. The molecule has 17 heavy (non-hydrogen) atoms. The molecule has 0 aliphatic carbocycles. The van der Waals surface area contributed by atoms with E-state index >= 15 is 0 Å². The molecule has 1 aromatic rings. The van der Waals surface area contributed by atoms with Crippen LogP contribution in [0.15, 0.2) is 4.52 Å². The van der Waals surface area contributed by atoms with Gasteiger partial charge in [0.2, 0.25) is 5.89 Å². The van der Waals surface area contributed by atoms with Crippen molar-refractivity contribution in [2.75, 3.05) is 13.1 Å². The van der Waals surface area contributed by atoms with Crippen LogP contribution < -0.4 is 0 Å². The van der Waals surface area contributed by atoms with Gasteiger partial charge >= 0.3 is 5.97 Å². The van der Waals surface area contributed by atoms with Crippen molar-refractivity contribution in [2.24, 2.45) is 11.8 Å². The molecule has 0 amide bonds. The molecule has 1 saturated heterocycles. The van der Waals surface area contributed by atoms with Gasteiger partial charge < -0.3 is 9.63 Å². The molecule has 1 aliphatic heterocycles. The number of carboxylic acid groups (broad SMARTS) is 1. The van der Waals surface area contributed by atoms with Crippen LogP contribution in [0.3, 0.4) is 0 Å². The summed E-state index contributed by atoms with van der Waals surface area (Å²) in [4.78, 5) is 17.3. The Balaban J connectivity index is 1.95. The van der Waals surface area contributed by atoms with Crippen LogP contribution in [0.25, 0.3) is 0 Å². The van der Waals surface area contributed by atoms with Crippen molar-refractivity contribution in [1.82, 2.24) is 15.0 Å². The quantitative estimate of drug-likeness (QED) is 0.836. The molecule has 2 atom stereocenters. The second-order valence-corrected chi connectivity index (χ2v) is 4.57. The van der Waals surface area contributed by atoms with Crippen molar-refractivity contribution in [1.29, 1.82) is 0 Å². The number of carboxylic acids is 1. The number of aliphatic carboxylic acids is 1. The van der Waals surface area contributed by atoms with Crippen molar-refractivity contribution in [2.45, 2.75) is 26.8 Å². The molecule has 94 valence electrons. The maximum atomic E-state index is 11.0. The van der Waals surface area contributed by atoms with E-state index in [0.29, 0.717) is 24.8 Å². The van der Waals surface area contributed by atoms with Crippen LogP contribution in [0.2, 0.25) is 0 Å². The van der Waals surface area contributed by atoms with Crippen LogP contribution in [0.4, 0.5) is 0 Å². The minimum atomic E-state index is -0.720. The molecule has 6 nitrogen and oxygen atoms in total. The monoisotopic (exact) mass is 239 g/mol. The van der Waals surface area contributed by atoms with E-state index in [9.17, 15) is 4.79 Å². The highest BCUT2D eigenvalue weighted by Crippen LogP contribution is 2.24. The first kappa shape index (κ1) is 12.0. The Labute approximate surface area is 99.6 Å². The van der Waals surface area contributed by atoms with E-state index in [2.05, 4.69) is 15.0 Å². The molecule has 6 heteroatoms. The number of aryl methyl sites for hydroxylation is 1. The van der Waals surface area contributed by atoms with Crippen molar-refractivity contribution in [3.05, 3.63) is 11.7 Å². The van der Waals surface area contributed by atoms with E-state index < -0.39 is 5.97 Å². The zero-order valence-electron chi connectivity index (χ0n) is 10.1. The molecule has 1 aromatic heterocycles. The fourth-order valence-electron chi connectivity index (χ4n) is 2.22. The van der Waals surface area contributed by atoms with Gasteiger partial charge in [0.15, 0.2) is 5.82 Å². The van der Waals surface area contributed by atoms with Crippen LogP contribution in [0.1, 0.15) is 25.6 Å². The lowest BCUT2D eigenvalue weighted by molar-refractivity contribution is -0.142. The highest BCUT2D eigenvalue weighted by molar-refractivity contribution is 5.71. The fourth-order valence-corrected chi connectivity index (χ4v) is 2.22. The Hall–Kier alpha value is -1.43. The van der Waals surface area contributed by atoms with Crippen LogP contribution in [0.5, 0.6) is 0 Å². The van der Waals surface area contributed by atoms with Crippen LogP contribution in [-0.2, 0) is 17.8 Å². The maximum Gasteiger partial charge on any atom is 0.308 e. The molecule has 1 fully saturated rings. The Bertz CT molecular complexity index is 404.